The van der Waals surface area contributed by atoms with Crippen molar-refractivity contribution >= 4 is 23.2 Å². The highest BCUT2D eigenvalue weighted by atomic mass is 35.5. The second-order valence-corrected chi connectivity index (χ2v) is 5.62. The molecule has 1 aliphatic rings. The van der Waals surface area contributed by atoms with Crippen LogP contribution in [0, 0.1) is 10.1 Å². The number of amides is 1. The van der Waals surface area contributed by atoms with Gasteiger partial charge in [-0.25, -0.2) is 4.98 Å². The number of hydrogen-bond donors (Lipinski definition) is 1. The molecule has 0 aliphatic heterocycles. The van der Waals surface area contributed by atoms with Gasteiger partial charge in [0.1, 0.15) is 16.9 Å². The topological polar surface area (TPSA) is 88.4 Å². The number of nitro groups is 1. The summed E-state index contributed by atoms with van der Waals surface area (Å²) in [5.41, 5.74) is -0.415. The third-order valence-corrected chi connectivity index (χ3v) is 3.87. The Morgan fingerprint density at radius 3 is 2.90 bits per heavy atom. The number of nitrogens with zero attached hydrogens (tertiary/aromatic N) is 3. The van der Waals surface area contributed by atoms with Crippen molar-refractivity contribution in [2.75, 3.05) is 13.6 Å². The van der Waals surface area contributed by atoms with E-state index in [0.717, 1.165) is 6.20 Å². The molecule has 1 unspecified atom stereocenters. The standard InChI is InChI=1S/C13H17ClN4O3/c1-8(17(2)9-3-4-9)6-16-13(19)10-5-12(14)15-7-11(10)18(20)21/h5,7-9H,3-4,6H2,1-2H3,(H,16,19). The second-order valence-electron chi connectivity index (χ2n) is 5.24. The van der Waals surface area contributed by atoms with Gasteiger partial charge in [0.05, 0.1) is 4.92 Å². The largest absolute Gasteiger partial charge is 0.350 e. The molecule has 21 heavy (non-hydrogen) atoms. The molecule has 1 aromatic rings. The Labute approximate surface area is 127 Å². The fourth-order valence-electron chi connectivity index (χ4n) is 2.07. The molecule has 7 nitrogen and oxygen atoms in total. The van der Waals surface area contributed by atoms with Crippen LogP contribution in [0.1, 0.15) is 30.1 Å². The van der Waals surface area contributed by atoms with Gasteiger partial charge >= 0.3 is 0 Å². The molecule has 8 heteroatoms. The zero-order valence-corrected chi connectivity index (χ0v) is 12.6. The minimum atomic E-state index is -0.641. The van der Waals surface area contributed by atoms with Gasteiger partial charge in [-0.1, -0.05) is 11.6 Å². The van der Waals surface area contributed by atoms with Gasteiger partial charge in [0.2, 0.25) is 0 Å². The highest BCUT2D eigenvalue weighted by Crippen LogP contribution is 2.26. The maximum absolute atomic E-state index is 12.1. The number of nitrogens with one attached hydrogen (secondary N) is 1. The lowest BCUT2D eigenvalue weighted by Crippen LogP contribution is -2.41. The van der Waals surface area contributed by atoms with Crippen molar-refractivity contribution in [3.63, 3.8) is 0 Å². The zero-order chi connectivity index (χ0) is 15.6. The Kier molecular flexibility index (Phi) is 4.74. The van der Waals surface area contributed by atoms with E-state index in [1.54, 1.807) is 0 Å². The lowest BCUT2D eigenvalue weighted by Gasteiger charge is -2.24. The summed E-state index contributed by atoms with van der Waals surface area (Å²) < 4.78 is 0. The van der Waals surface area contributed by atoms with E-state index in [-0.39, 0.29) is 22.4 Å². The normalized spacial score (nSPS) is 15.8. The highest BCUT2D eigenvalue weighted by Gasteiger charge is 2.29. The van der Waals surface area contributed by atoms with Crippen LogP contribution in [0.15, 0.2) is 12.3 Å². The van der Waals surface area contributed by atoms with E-state index >= 15 is 0 Å². The molecule has 1 fully saturated rings. The molecule has 1 aliphatic carbocycles. The summed E-state index contributed by atoms with van der Waals surface area (Å²) >= 11 is 5.71. The van der Waals surface area contributed by atoms with Crippen LogP contribution >= 0.6 is 11.6 Å². The van der Waals surface area contributed by atoms with Gasteiger partial charge in [0.15, 0.2) is 0 Å². The van der Waals surface area contributed by atoms with E-state index in [4.69, 9.17) is 11.6 Å². The van der Waals surface area contributed by atoms with Crippen LogP contribution in [0.4, 0.5) is 5.69 Å². The quantitative estimate of drug-likeness (QED) is 0.492. The van der Waals surface area contributed by atoms with Crippen molar-refractivity contribution in [3.8, 4) is 0 Å². The number of carbonyl (C=O) groups is 1. The molecular formula is C13H17ClN4O3. The molecule has 0 bridgehead atoms. The van der Waals surface area contributed by atoms with Gasteiger partial charge in [-0.15, -0.1) is 0 Å². The molecule has 1 amide bonds. The molecule has 0 spiro atoms. The van der Waals surface area contributed by atoms with E-state index < -0.39 is 10.8 Å². The van der Waals surface area contributed by atoms with E-state index in [0.29, 0.717) is 12.6 Å². The second kappa shape index (κ2) is 6.36. The molecule has 114 valence electrons. The summed E-state index contributed by atoms with van der Waals surface area (Å²) in [5.74, 6) is -0.512. The van der Waals surface area contributed by atoms with E-state index in [1.165, 1.54) is 18.9 Å². The lowest BCUT2D eigenvalue weighted by atomic mass is 10.2. The third-order valence-electron chi connectivity index (χ3n) is 3.67. The molecule has 1 aromatic heterocycles. The Bertz CT molecular complexity index is 562. The average molecular weight is 313 g/mol. The fraction of sp³-hybridized carbons (Fsp3) is 0.538. The van der Waals surface area contributed by atoms with Crippen LogP contribution in [0.2, 0.25) is 5.15 Å². The minimum Gasteiger partial charge on any atom is -0.350 e. The van der Waals surface area contributed by atoms with Crippen LogP contribution < -0.4 is 5.32 Å². The predicted molar refractivity (Wildman–Crippen MR) is 78.5 cm³/mol. The Balaban J connectivity index is 2.02. The van der Waals surface area contributed by atoms with Crippen molar-refractivity contribution < 1.29 is 9.72 Å². The number of aromatic nitrogens is 1. The average Bonchev–Trinajstić information content (AvgIpc) is 3.27. The Morgan fingerprint density at radius 1 is 1.67 bits per heavy atom. The van der Waals surface area contributed by atoms with Gasteiger partial charge in [-0.2, -0.15) is 0 Å². The molecule has 1 N–H and O–H groups in total. The van der Waals surface area contributed by atoms with Crippen molar-refractivity contribution in [2.45, 2.75) is 31.8 Å². The van der Waals surface area contributed by atoms with E-state index in [9.17, 15) is 14.9 Å². The van der Waals surface area contributed by atoms with Crippen LogP contribution in [-0.2, 0) is 0 Å². The molecule has 0 radical (unpaired) electrons. The first-order valence-corrected chi connectivity index (χ1v) is 7.08. The van der Waals surface area contributed by atoms with Crippen LogP contribution in [0.5, 0.6) is 0 Å². The first kappa shape index (κ1) is 15.7. The summed E-state index contributed by atoms with van der Waals surface area (Å²) in [5, 5.41) is 13.7. The van der Waals surface area contributed by atoms with E-state index in [2.05, 4.69) is 15.2 Å². The predicted octanol–water partition coefficient (Wildman–Crippen LogP) is 1.86. The number of pyridine rings is 1. The summed E-state index contributed by atoms with van der Waals surface area (Å²) in [7, 11) is 2.01. The van der Waals surface area contributed by atoms with Crippen LogP contribution in [0.3, 0.4) is 0 Å². The number of rotatable bonds is 6. The number of carbonyl (C=O) groups excluding carboxylic acids is 1. The number of likely N-dealkylation sites (N-methyl/N-ethyl adjacent to an activating group) is 1. The van der Waals surface area contributed by atoms with Crippen molar-refractivity contribution in [2.24, 2.45) is 0 Å². The van der Waals surface area contributed by atoms with Crippen molar-refractivity contribution in [1.29, 1.82) is 0 Å². The molecule has 0 saturated heterocycles. The number of halogens is 1. The monoisotopic (exact) mass is 312 g/mol. The first-order chi connectivity index (χ1) is 9.90. The van der Waals surface area contributed by atoms with Gasteiger partial charge in [-0.05, 0) is 32.9 Å². The Hall–Kier alpha value is -1.73. The first-order valence-electron chi connectivity index (χ1n) is 6.70. The molecule has 0 aromatic carbocycles. The molecule has 1 heterocycles. The number of hydrogen-bond acceptors (Lipinski definition) is 5. The van der Waals surface area contributed by atoms with Crippen LogP contribution in [0.25, 0.3) is 0 Å². The smallest absolute Gasteiger partial charge is 0.300 e. The highest BCUT2D eigenvalue weighted by molar-refractivity contribution is 6.29. The minimum absolute atomic E-state index is 0.0499. The summed E-state index contributed by atoms with van der Waals surface area (Å²) in [6.45, 7) is 2.43. The summed E-state index contributed by atoms with van der Waals surface area (Å²) in [6.07, 6.45) is 3.36. The van der Waals surface area contributed by atoms with Crippen molar-refractivity contribution in [1.82, 2.24) is 15.2 Å². The maximum Gasteiger partial charge on any atom is 0.300 e. The van der Waals surface area contributed by atoms with Crippen molar-refractivity contribution in [3.05, 3.63) is 33.1 Å². The SMILES string of the molecule is CC(CNC(=O)c1cc(Cl)ncc1[N+](=O)[O-])N(C)C1CC1. The van der Waals surface area contributed by atoms with Gasteiger partial charge < -0.3 is 5.32 Å². The van der Waals surface area contributed by atoms with Gasteiger partial charge in [-0.3, -0.25) is 19.8 Å². The molecular weight excluding hydrogens is 296 g/mol. The van der Waals surface area contributed by atoms with Crippen LogP contribution in [-0.4, -0.2) is 46.4 Å². The van der Waals surface area contributed by atoms with E-state index in [1.807, 2.05) is 14.0 Å². The van der Waals surface area contributed by atoms with Gasteiger partial charge in [0, 0.05) is 18.6 Å². The third kappa shape index (κ3) is 3.89. The summed E-state index contributed by atoms with van der Waals surface area (Å²) in [4.78, 5) is 28.2. The molecule has 2 rings (SSSR count). The lowest BCUT2D eigenvalue weighted by molar-refractivity contribution is -0.385. The molecule has 1 saturated carbocycles. The zero-order valence-electron chi connectivity index (χ0n) is 11.9. The Morgan fingerprint density at radius 2 is 2.33 bits per heavy atom. The molecule has 1 atom stereocenters. The maximum atomic E-state index is 12.1. The fourth-order valence-corrected chi connectivity index (χ4v) is 2.23. The van der Waals surface area contributed by atoms with Gasteiger partial charge in [0.25, 0.3) is 11.6 Å². The summed E-state index contributed by atoms with van der Waals surface area (Å²) in [6, 6.07) is 1.96.